The van der Waals surface area contributed by atoms with Crippen molar-refractivity contribution in [2.45, 2.75) is 6.54 Å². The minimum absolute atomic E-state index is 0.0776. The zero-order valence-electron chi connectivity index (χ0n) is 14.4. The van der Waals surface area contributed by atoms with Gasteiger partial charge < -0.3 is 10.1 Å². The van der Waals surface area contributed by atoms with Crippen molar-refractivity contribution in [2.24, 2.45) is 0 Å². The second-order valence-electron chi connectivity index (χ2n) is 5.81. The van der Waals surface area contributed by atoms with Crippen LogP contribution < -0.4 is 10.1 Å². The van der Waals surface area contributed by atoms with Gasteiger partial charge in [-0.05, 0) is 46.2 Å². The highest BCUT2D eigenvalue weighted by molar-refractivity contribution is 6.02. The molecule has 3 aromatic rings. The summed E-state index contributed by atoms with van der Waals surface area (Å²) in [6.07, 6.45) is 1.60. The van der Waals surface area contributed by atoms with Gasteiger partial charge in [0.05, 0.1) is 7.11 Å². The summed E-state index contributed by atoms with van der Waals surface area (Å²) in [7, 11) is 1.63. The number of ether oxygens (including phenoxy) is 1. The van der Waals surface area contributed by atoms with E-state index in [1.807, 2.05) is 72.8 Å². The van der Waals surface area contributed by atoms with E-state index in [9.17, 15) is 10.1 Å². The van der Waals surface area contributed by atoms with Crippen LogP contribution in [-0.4, -0.2) is 13.0 Å². The largest absolute Gasteiger partial charge is 0.497 e. The molecule has 0 radical (unpaired) electrons. The lowest BCUT2D eigenvalue weighted by Gasteiger charge is -2.06. The van der Waals surface area contributed by atoms with E-state index in [1.54, 1.807) is 13.2 Å². The fraction of sp³-hybridized carbons (Fsp3) is 0.0909. The lowest BCUT2D eigenvalue weighted by atomic mass is 10.0. The summed E-state index contributed by atoms with van der Waals surface area (Å²) in [6, 6.07) is 23.1. The van der Waals surface area contributed by atoms with Crippen molar-refractivity contribution in [3.8, 4) is 11.8 Å². The van der Waals surface area contributed by atoms with Crippen molar-refractivity contribution < 1.29 is 9.53 Å². The van der Waals surface area contributed by atoms with Crippen molar-refractivity contribution in [3.63, 3.8) is 0 Å². The van der Waals surface area contributed by atoms with E-state index in [4.69, 9.17) is 4.74 Å². The Bertz CT molecular complexity index is 1000. The fourth-order valence-corrected chi connectivity index (χ4v) is 2.65. The van der Waals surface area contributed by atoms with Crippen molar-refractivity contribution in [1.82, 2.24) is 5.32 Å². The molecule has 0 bridgehead atoms. The molecule has 0 heterocycles. The highest BCUT2D eigenvalue weighted by Crippen LogP contribution is 2.22. The van der Waals surface area contributed by atoms with Crippen molar-refractivity contribution in [1.29, 1.82) is 5.26 Å². The van der Waals surface area contributed by atoms with E-state index >= 15 is 0 Å². The summed E-state index contributed by atoms with van der Waals surface area (Å²) in [4.78, 5) is 12.3. The molecule has 0 unspecified atom stereocenters. The summed E-state index contributed by atoms with van der Waals surface area (Å²) >= 11 is 0. The Labute approximate surface area is 152 Å². The van der Waals surface area contributed by atoms with Crippen molar-refractivity contribution >= 4 is 22.8 Å². The van der Waals surface area contributed by atoms with E-state index in [0.717, 1.165) is 27.6 Å². The molecule has 0 saturated heterocycles. The second-order valence-corrected chi connectivity index (χ2v) is 5.81. The molecule has 0 aliphatic rings. The highest BCUT2D eigenvalue weighted by atomic mass is 16.5. The summed E-state index contributed by atoms with van der Waals surface area (Å²) in [5, 5.41) is 14.2. The predicted octanol–water partition coefficient (Wildman–Crippen LogP) is 4.07. The van der Waals surface area contributed by atoms with Gasteiger partial charge >= 0.3 is 0 Å². The van der Waals surface area contributed by atoms with E-state index < -0.39 is 0 Å². The molecular weight excluding hydrogens is 324 g/mol. The number of benzene rings is 3. The molecule has 4 nitrogen and oxygen atoms in total. The smallest absolute Gasteiger partial charge is 0.262 e. The Morgan fingerprint density at radius 2 is 1.81 bits per heavy atom. The molecule has 128 valence electrons. The zero-order chi connectivity index (χ0) is 18.4. The van der Waals surface area contributed by atoms with Gasteiger partial charge in [-0.25, -0.2) is 0 Å². The van der Waals surface area contributed by atoms with Gasteiger partial charge in [0.2, 0.25) is 0 Å². The Morgan fingerprint density at radius 1 is 1.08 bits per heavy atom. The third-order valence-corrected chi connectivity index (χ3v) is 4.04. The Kier molecular flexibility index (Phi) is 5.31. The van der Waals surface area contributed by atoms with Crippen LogP contribution in [0.4, 0.5) is 0 Å². The molecular formula is C22H18N2O2. The molecule has 1 amide bonds. The van der Waals surface area contributed by atoms with Gasteiger partial charge in [0.25, 0.3) is 5.91 Å². The molecule has 0 aromatic heterocycles. The van der Waals surface area contributed by atoms with Crippen LogP contribution >= 0.6 is 0 Å². The van der Waals surface area contributed by atoms with Crippen LogP contribution in [0.15, 0.2) is 72.3 Å². The van der Waals surface area contributed by atoms with Gasteiger partial charge in [-0.3, -0.25) is 4.79 Å². The maximum Gasteiger partial charge on any atom is 0.262 e. The molecule has 0 fully saturated rings. The average molecular weight is 342 g/mol. The monoisotopic (exact) mass is 342 g/mol. The molecule has 3 rings (SSSR count). The number of hydrogen-bond donors (Lipinski definition) is 1. The molecule has 3 aromatic carbocycles. The van der Waals surface area contributed by atoms with Gasteiger partial charge in [-0.15, -0.1) is 0 Å². The minimum atomic E-state index is -0.383. The number of nitrogens with one attached hydrogen (secondary N) is 1. The first kappa shape index (κ1) is 17.2. The lowest BCUT2D eigenvalue weighted by Crippen LogP contribution is -2.23. The standard InChI is InChI=1S/C22H18N2O2/c1-26-21-10-9-18-11-17(7-8-19(18)13-21)12-20(14-23)22(25)24-15-16-5-3-2-4-6-16/h2-13H,15H2,1H3,(H,24,25)/b20-12-. The Morgan fingerprint density at radius 3 is 2.54 bits per heavy atom. The minimum Gasteiger partial charge on any atom is -0.497 e. The molecule has 0 aliphatic heterocycles. The predicted molar refractivity (Wildman–Crippen MR) is 102 cm³/mol. The first-order chi connectivity index (χ1) is 12.7. The quantitative estimate of drug-likeness (QED) is 0.561. The number of rotatable bonds is 5. The van der Waals surface area contributed by atoms with E-state index in [-0.39, 0.29) is 11.5 Å². The van der Waals surface area contributed by atoms with Gasteiger partial charge in [0, 0.05) is 6.54 Å². The maximum atomic E-state index is 12.3. The van der Waals surface area contributed by atoms with Crippen LogP contribution in [0, 0.1) is 11.3 Å². The van der Waals surface area contributed by atoms with Gasteiger partial charge in [-0.2, -0.15) is 5.26 Å². The normalized spacial score (nSPS) is 11.0. The molecule has 0 saturated carbocycles. The summed E-state index contributed by atoms with van der Waals surface area (Å²) in [5.74, 6) is 0.407. The van der Waals surface area contributed by atoms with Crippen molar-refractivity contribution in [3.05, 3.63) is 83.4 Å². The number of nitrogens with zero attached hydrogens (tertiary/aromatic N) is 1. The van der Waals surface area contributed by atoms with Crippen LogP contribution in [0.3, 0.4) is 0 Å². The number of hydrogen-bond acceptors (Lipinski definition) is 3. The zero-order valence-corrected chi connectivity index (χ0v) is 14.4. The maximum absolute atomic E-state index is 12.3. The number of fused-ring (bicyclic) bond motifs is 1. The Balaban J connectivity index is 1.78. The first-order valence-electron chi connectivity index (χ1n) is 8.21. The Hall–Kier alpha value is -3.58. The summed E-state index contributed by atoms with van der Waals surface area (Å²) in [6.45, 7) is 0.385. The van der Waals surface area contributed by atoms with E-state index in [1.165, 1.54) is 0 Å². The van der Waals surface area contributed by atoms with Crippen LogP contribution in [0.25, 0.3) is 16.8 Å². The van der Waals surface area contributed by atoms with Crippen LogP contribution in [0.2, 0.25) is 0 Å². The number of carbonyl (C=O) groups excluding carboxylic acids is 1. The van der Waals surface area contributed by atoms with E-state index in [0.29, 0.717) is 6.54 Å². The van der Waals surface area contributed by atoms with Gasteiger partial charge in [-0.1, -0.05) is 48.5 Å². The first-order valence-corrected chi connectivity index (χ1v) is 8.21. The van der Waals surface area contributed by atoms with Crippen LogP contribution in [0.5, 0.6) is 5.75 Å². The average Bonchev–Trinajstić information content (AvgIpc) is 2.70. The SMILES string of the molecule is COc1ccc2cc(/C=C(/C#N)C(=O)NCc3ccccc3)ccc2c1. The van der Waals surface area contributed by atoms with Crippen LogP contribution in [-0.2, 0) is 11.3 Å². The number of nitriles is 1. The fourth-order valence-electron chi connectivity index (χ4n) is 2.65. The second kappa shape index (κ2) is 8.00. The van der Waals surface area contributed by atoms with E-state index in [2.05, 4.69) is 5.32 Å². The summed E-state index contributed by atoms with van der Waals surface area (Å²) in [5.41, 5.74) is 1.86. The third-order valence-electron chi connectivity index (χ3n) is 4.04. The van der Waals surface area contributed by atoms with Crippen molar-refractivity contribution in [2.75, 3.05) is 7.11 Å². The highest BCUT2D eigenvalue weighted by Gasteiger charge is 2.09. The number of carbonyl (C=O) groups is 1. The number of methoxy groups -OCH3 is 1. The number of amides is 1. The molecule has 1 N–H and O–H groups in total. The topological polar surface area (TPSA) is 62.1 Å². The molecule has 0 atom stereocenters. The van der Waals surface area contributed by atoms with Crippen LogP contribution in [0.1, 0.15) is 11.1 Å². The van der Waals surface area contributed by atoms with Gasteiger partial charge in [0.1, 0.15) is 17.4 Å². The molecule has 26 heavy (non-hydrogen) atoms. The molecule has 0 spiro atoms. The lowest BCUT2D eigenvalue weighted by molar-refractivity contribution is -0.117. The molecule has 4 heteroatoms. The van der Waals surface area contributed by atoms with Gasteiger partial charge in [0.15, 0.2) is 0 Å². The third kappa shape index (κ3) is 4.08. The summed E-state index contributed by atoms with van der Waals surface area (Å²) < 4.78 is 5.22. The molecule has 0 aliphatic carbocycles.